The number of hydrogen-bond acceptors (Lipinski definition) is 3. The van der Waals surface area contributed by atoms with Gasteiger partial charge in [-0.15, -0.1) is 0 Å². The molecule has 0 fully saturated rings. The van der Waals surface area contributed by atoms with Gasteiger partial charge >= 0.3 is 6.18 Å². The zero-order chi connectivity index (χ0) is 20.0. The maximum absolute atomic E-state index is 13.0. The molecule has 0 aliphatic rings. The van der Waals surface area contributed by atoms with Crippen LogP contribution in [-0.4, -0.2) is 24.0 Å². The molecule has 1 amide bonds. The number of nitrogens with one attached hydrogen (secondary N) is 1. The minimum Gasteiger partial charge on any atom is -0.370 e. The van der Waals surface area contributed by atoms with E-state index in [1.165, 1.54) is 12.3 Å². The van der Waals surface area contributed by atoms with E-state index >= 15 is 0 Å². The molecule has 0 aliphatic carbocycles. The molecule has 1 heterocycles. The molecular formula is C19H21ClF3N3O. The number of anilines is 2. The fourth-order valence-electron chi connectivity index (χ4n) is 2.66. The Balaban J connectivity index is 2.23. The van der Waals surface area contributed by atoms with E-state index in [1.54, 1.807) is 12.3 Å². The summed E-state index contributed by atoms with van der Waals surface area (Å²) in [6.07, 6.45) is 0.352. The van der Waals surface area contributed by atoms with Gasteiger partial charge in [-0.25, -0.2) is 0 Å². The fraction of sp³-hybridized carbons (Fsp3) is 0.368. The summed E-state index contributed by atoms with van der Waals surface area (Å²) in [7, 11) is 0. The van der Waals surface area contributed by atoms with E-state index in [0.717, 1.165) is 43.8 Å². The highest BCUT2D eigenvalue weighted by molar-refractivity contribution is 6.31. The third-order valence-electron chi connectivity index (χ3n) is 3.87. The highest BCUT2D eigenvalue weighted by atomic mass is 35.5. The maximum Gasteiger partial charge on any atom is 0.417 e. The van der Waals surface area contributed by atoms with Gasteiger partial charge in [0.15, 0.2) is 0 Å². The third kappa shape index (κ3) is 5.60. The molecule has 8 heteroatoms. The molecule has 4 nitrogen and oxygen atoms in total. The van der Waals surface area contributed by atoms with E-state index in [1.807, 2.05) is 0 Å². The zero-order valence-corrected chi connectivity index (χ0v) is 15.9. The highest BCUT2D eigenvalue weighted by Gasteiger charge is 2.33. The number of pyridine rings is 1. The molecule has 27 heavy (non-hydrogen) atoms. The summed E-state index contributed by atoms with van der Waals surface area (Å²) >= 11 is 5.60. The number of carbonyl (C=O) groups excluding carboxylic acids is 1. The van der Waals surface area contributed by atoms with Crippen LogP contribution in [0.2, 0.25) is 5.02 Å². The van der Waals surface area contributed by atoms with E-state index in [9.17, 15) is 18.0 Å². The fourth-order valence-corrected chi connectivity index (χ4v) is 2.88. The molecule has 0 atom stereocenters. The summed E-state index contributed by atoms with van der Waals surface area (Å²) in [5.41, 5.74) is 0.0960. The Labute approximate surface area is 161 Å². The molecule has 1 aromatic carbocycles. The number of carbonyl (C=O) groups is 1. The largest absolute Gasteiger partial charge is 0.417 e. The lowest BCUT2D eigenvalue weighted by molar-refractivity contribution is -0.137. The Kier molecular flexibility index (Phi) is 7.07. The second kappa shape index (κ2) is 9.08. The SMILES string of the molecule is CCCN(CCC)c1cncc(C(=O)Nc2ccc(Cl)c(C(F)(F)F)c2)c1. The standard InChI is InChI=1S/C19H21ClF3N3O/c1-3-7-26(8-4-2)15-9-13(11-24-12-15)18(27)25-14-5-6-17(20)16(10-14)19(21,22)23/h5-6,9-12H,3-4,7-8H2,1-2H3,(H,25,27). The van der Waals surface area contributed by atoms with Crippen LogP contribution in [0, 0.1) is 0 Å². The number of hydrogen-bond donors (Lipinski definition) is 1. The van der Waals surface area contributed by atoms with Gasteiger partial charge in [0.05, 0.1) is 28.0 Å². The quantitative estimate of drug-likeness (QED) is 0.656. The molecule has 0 bridgehead atoms. The number of benzene rings is 1. The van der Waals surface area contributed by atoms with Crippen molar-refractivity contribution in [1.82, 2.24) is 4.98 Å². The number of rotatable bonds is 7. The van der Waals surface area contributed by atoms with Gasteiger partial charge in [-0.1, -0.05) is 25.4 Å². The smallest absolute Gasteiger partial charge is 0.370 e. The lowest BCUT2D eigenvalue weighted by atomic mass is 10.1. The van der Waals surface area contributed by atoms with Gasteiger partial charge in [-0.3, -0.25) is 9.78 Å². The molecule has 0 aliphatic heterocycles. The Hall–Kier alpha value is -2.28. The molecule has 1 N–H and O–H groups in total. The Morgan fingerprint density at radius 3 is 2.41 bits per heavy atom. The molecule has 0 unspecified atom stereocenters. The predicted octanol–water partition coefficient (Wildman–Crippen LogP) is 5.63. The van der Waals surface area contributed by atoms with Crippen molar-refractivity contribution in [1.29, 1.82) is 0 Å². The first-order valence-corrected chi connectivity index (χ1v) is 9.02. The Morgan fingerprint density at radius 1 is 1.15 bits per heavy atom. The minimum atomic E-state index is -4.60. The summed E-state index contributed by atoms with van der Waals surface area (Å²) in [6, 6.07) is 4.94. The Morgan fingerprint density at radius 2 is 1.81 bits per heavy atom. The van der Waals surface area contributed by atoms with E-state index < -0.39 is 22.7 Å². The van der Waals surface area contributed by atoms with Gasteiger partial charge in [0.25, 0.3) is 5.91 Å². The average molecular weight is 400 g/mol. The van der Waals surface area contributed by atoms with Crippen molar-refractivity contribution in [3.63, 3.8) is 0 Å². The van der Waals surface area contributed by atoms with Crippen molar-refractivity contribution in [3.8, 4) is 0 Å². The first kappa shape index (κ1) is 21.0. The number of halogens is 4. The summed E-state index contributed by atoms with van der Waals surface area (Å²) in [6.45, 7) is 5.77. The molecular weight excluding hydrogens is 379 g/mol. The van der Waals surface area contributed by atoms with Crippen molar-refractivity contribution in [2.24, 2.45) is 0 Å². The summed E-state index contributed by atoms with van der Waals surface area (Å²) in [5.74, 6) is -0.534. The van der Waals surface area contributed by atoms with Crippen LogP contribution in [0.25, 0.3) is 0 Å². The van der Waals surface area contributed by atoms with Gasteiger partial charge in [-0.2, -0.15) is 13.2 Å². The number of alkyl halides is 3. The molecule has 0 spiro atoms. The monoisotopic (exact) mass is 399 g/mol. The third-order valence-corrected chi connectivity index (χ3v) is 4.20. The molecule has 0 saturated carbocycles. The Bertz CT molecular complexity index is 790. The van der Waals surface area contributed by atoms with E-state index in [4.69, 9.17) is 11.6 Å². The minimum absolute atomic E-state index is 0.0149. The van der Waals surface area contributed by atoms with Crippen molar-refractivity contribution in [3.05, 3.63) is 52.8 Å². The number of aromatic nitrogens is 1. The van der Waals surface area contributed by atoms with Crippen LogP contribution in [0.15, 0.2) is 36.7 Å². The topological polar surface area (TPSA) is 45.2 Å². The maximum atomic E-state index is 13.0. The first-order chi connectivity index (χ1) is 12.8. The van der Waals surface area contributed by atoms with Gasteiger partial charge in [0.1, 0.15) is 0 Å². The summed E-state index contributed by atoms with van der Waals surface area (Å²) in [4.78, 5) is 18.7. The summed E-state index contributed by atoms with van der Waals surface area (Å²) < 4.78 is 38.9. The predicted molar refractivity (Wildman–Crippen MR) is 101 cm³/mol. The molecule has 0 saturated heterocycles. The second-order valence-corrected chi connectivity index (χ2v) is 6.47. The normalized spacial score (nSPS) is 11.3. The molecule has 1 aromatic heterocycles. The number of nitrogens with zero attached hydrogens (tertiary/aromatic N) is 2. The van der Waals surface area contributed by atoms with E-state index in [0.29, 0.717) is 0 Å². The molecule has 0 radical (unpaired) electrons. The van der Waals surface area contributed by atoms with E-state index in [-0.39, 0.29) is 11.3 Å². The van der Waals surface area contributed by atoms with Gasteiger partial charge in [0, 0.05) is 25.0 Å². The van der Waals surface area contributed by atoms with Crippen LogP contribution in [0.5, 0.6) is 0 Å². The van der Waals surface area contributed by atoms with Crippen molar-refractivity contribution < 1.29 is 18.0 Å². The van der Waals surface area contributed by atoms with Gasteiger partial charge in [-0.05, 0) is 37.1 Å². The van der Waals surface area contributed by atoms with Crippen LogP contribution in [0.1, 0.15) is 42.6 Å². The number of amides is 1. The van der Waals surface area contributed by atoms with Crippen LogP contribution < -0.4 is 10.2 Å². The van der Waals surface area contributed by atoms with Crippen LogP contribution in [-0.2, 0) is 6.18 Å². The van der Waals surface area contributed by atoms with Crippen LogP contribution >= 0.6 is 11.6 Å². The van der Waals surface area contributed by atoms with Crippen molar-refractivity contribution in [2.45, 2.75) is 32.9 Å². The van der Waals surface area contributed by atoms with Crippen LogP contribution in [0.3, 0.4) is 0 Å². The second-order valence-electron chi connectivity index (χ2n) is 6.07. The summed E-state index contributed by atoms with van der Waals surface area (Å²) in [5, 5.41) is 2.05. The van der Waals surface area contributed by atoms with Crippen molar-refractivity contribution in [2.75, 3.05) is 23.3 Å². The average Bonchev–Trinajstić information content (AvgIpc) is 2.62. The van der Waals surface area contributed by atoms with Crippen molar-refractivity contribution >= 4 is 28.9 Å². The van der Waals surface area contributed by atoms with Crippen LogP contribution in [0.4, 0.5) is 24.5 Å². The zero-order valence-electron chi connectivity index (χ0n) is 15.1. The highest BCUT2D eigenvalue weighted by Crippen LogP contribution is 2.36. The van der Waals surface area contributed by atoms with Gasteiger partial charge < -0.3 is 10.2 Å². The van der Waals surface area contributed by atoms with Gasteiger partial charge in [0.2, 0.25) is 0 Å². The van der Waals surface area contributed by atoms with E-state index in [2.05, 4.69) is 29.0 Å². The molecule has 2 aromatic rings. The lowest BCUT2D eigenvalue weighted by Crippen LogP contribution is -2.25. The first-order valence-electron chi connectivity index (χ1n) is 8.64. The lowest BCUT2D eigenvalue weighted by Gasteiger charge is -2.23. The molecule has 146 valence electrons. The molecule has 2 rings (SSSR count).